The van der Waals surface area contributed by atoms with Gasteiger partial charge in [-0.05, 0) is 48.7 Å². The van der Waals surface area contributed by atoms with E-state index in [0.29, 0.717) is 21.4 Å². The van der Waals surface area contributed by atoms with E-state index in [1.165, 1.54) is 0 Å². The van der Waals surface area contributed by atoms with Crippen molar-refractivity contribution in [1.82, 2.24) is 0 Å². The van der Waals surface area contributed by atoms with Gasteiger partial charge in [0.15, 0.2) is 0 Å². The highest BCUT2D eigenvalue weighted by Gasteiger charge is 2.19. The fourth-order valence-electron chi connectivity index (χ4n) is 2.02. The molecule has 0 fully saturated rings. The van der Waals surface area contributed by atoms with Gasteiger partial charge < -0.3 is 5.73 Å². The normalized spacial score (nSPS) is 11.4. The van der Waals surface area contributed by atoms with Crippen molar-refractivity contribution < 1.29 is 8.42 Å². The molecular weight excluding hydrogens is 352 g/mol. The van der Waals surface area contributed by atoms with Crippen molar-refractivity contribution in [3.8, 4) is 0 Å². The van der Waals surface area contributed by atoms with E-state index < -0.39 is 10.0 Å². The standard InChI is InChI=1S/C15H17BrN2O2S/c1-3-11-5-4-6-13(7-11)18-21(19,20)15-9-12(16)8-14(17)10(15)2/h4-9,18H,3,17H2,1-2H3. The van der Waals surface area contributed by atoms with E-state index in [0.717, 1.165) is 12.0 Å². The number of aryl methyl sites for hydroxylation is 1. The lowest BCUT2D eigenvalue weighted by Crippen LogP contribution is -2.15. The molecule has 0 aliphatic carbocycles. The van der Waals surface area contributed by atoms with Crippen LogP contribution in [0.3, 0.4) is 0 Å². The minimum Gasteiger partial charge on any atom is -0.398 e. The summed E-state index contributed by atoms with van der Waals surface area (Å²) in [6.07, 6.45) is 0.846. The number of nitrogens with two attached hydrogens (primary N) is 1. The first kappa shape index (κ1) is 15.9. The van der Waals surface area contributed by atoms with E-state index >= 15 is 0 Å². The molecule has 0 spiro atoms. The Bertz CT molecular complexity index is 773. The second kappa shape index (κ2) is 6.07. The van der Waals surface area contributed by atoms with Crippen molar-refractivity contribution in [3.05, 3.63) is 52.0 Å². The fraction of sp³-hybridized carbons (Fsp3) is 0.200. The second-order valence-corrected chi connectivity index (χ2v) is 7.34. The summed E-state index contributed by atoms with van der Waals surface area (Å²) in [6, 6.07) is 10.6. The van der Waals surface area contributed by atoms with Crippen LogP contribution < -0.4 is 10.5 Å². The zero-order valence-electron chi connectivity index (χ0n) is 11.9. The van der Waals surface area contributed by atoms with Crippen molar-refractivity contribution in [2.45, 2.75) is 25.2 Å². The highest BCUT2D eigenvalue weighted by molar-refractivity contribution is 9.10. The number of halogens is 1. The van der Waals surface area contributed by atoms with Crippen LogP contribution in [0.2, 0.25) is 0 Å². The summed E-state index contributed by atoms with van der Waals surface area (Å²) in [6.45, 7) is 3.71. The van der Waals surface area contributed by atoms with Gasteiger partial charge in [-0.25, -0.2) is 8.42 Å². The monoisotopic (exact) mass is 368 g/mol. The number of benzene rings is 2. The molecule has 0 unspecified atom stereocenters. The van der Waals surface area contributed by atoms with Crippen molar-refractivity contribution in [2.75, 3.05) is 10.5 Å². The van der Waals surface area contributed by atoms with Crippen LogP contribution in [-0.2, 0) is 16.4 Å². The Morgan fingerprint density at radius 3 is 2.62 bits per heavy atom. The third-order valence-corrected chi connectivity index (χ3v) is 5.21. The first-order valence-corrected chi connectivity index (χ1v) is 8.78. The number of rotatable bonds is 4. The molecule has 0 saturated carbocycles. The number of sulfonamides is 1. The maximum atomic E-state index is 12.5. The van der Waals surface area contributed by atoms with Gasteiger partial charge in [-0.15, -0.1) is 0 Å². The lowest BCUT2D eigenvalue weighted by Gasteiger charge is -2.13. The molecule has 0 aromatic heterocycles. The SMILES string of the molecule is CCc1cccc(NS(=O)(=O)c2cc(Br)cc(N)c2C)c1. The Kier molecular flexibility index (Phi) is 4.58. The Morgan fingerprint density at radius 1 is 1.24 bits per heavy atom. The highest BCUT2D eigenvalue weighted by atomic mass is 79.9. The van der Waals surface area contributed by atoms with Gasteiger partial charge >= 0.3 is 0 Å². The Labute approximate surface area is 133 Å². The maximum absolute atomic E-state index is 12.5. The van der Waals surface area contributed by atoms with E-state index in [1.54, 1.807) is 25.1 Å². The molecule has 2 aromatic carbocycles. The van der Waals surface area contributed by atoms with Gasteiger partial charge in [0.2, 0.25) is 0 Å². The molecule has 0 aliphatic rings. The molecule has 0 radical (unpaired) electrons. The molecule has 2 rings (SSSR count). The van der Waals surface area contributed by atoms with Crippen molar-refractivity contribution in [2.24, 2.45) is 0 Å². The van der Waals surface area contributed by atoms with E-state index in [2.05, 4.69) is 20.7 Å². The number of nitrogens with one attached hydrogen (secondary N) is 1. The smallest absolute Gasteiger partial charge is 0.262 e. The van der Waals surface area contributed by atoms with Crippen LogP contribution in [0.25, 0.3) is 0 Å². The van der Waals surface area contributed by atoms with Gasteiger partial charge in [0.1, 0.15) is 0 Å². The Morgan fingerprint density at radius 2 is 1.95 bits per heavy atom. The van der Waals surface area contributed by atoms with E-state index in [-0.39, 0.29) is 4.90 Å². The minimum atomic E-state index is -3.67. The van der Waals surface area contributed by atoms with Crippen molar-refractivity contribution >= 4 is 37.3 Å². The average Bonchev–Trinajstić information content (AvgIpc) is 2.42. The van der Waals surface area contributed by atoms with Gasteiger partial charge in [0.25, 0.3) is 10.0 Å². The summed E-state index contributed by atoms with van der Waals surface area (Å²) < 4.78 is 28.3. The van der Waals surface area contributed by atoms with Crippen LogP contribution >= 0.6 is 15.9 Å². The molecule has 0 saturated heterocycles. The van der Waals surface area contributed by atoms with Crippen LogP contribution in [-0.4, -0.2) is 8.42 Å². The number of hydrogen-bond acceptors (Lipinski definition) is 3. The summed E-state index contributed by atoms with van der Waals surface area (Å²) in [5, 5.41) is 0. The summed E-state index contributed by atoms with van der Waals surface area (Å²) in [5.41, 5.74) is 8.43. The lowest BCUT2D eigenvalue weighted by molar-refractivity contribution is 0.600. The molecule has 0 heterocycles. The first-order valence-electron chi connectivity index (χ1n) is 6.51. The number of anilines is 2. The van der Waals surface area contributed by atoms with Crippen LogP contribution in [0.15, 0.2) is 45.8 Å². The Hall–Kier alpha value is -1.53. The van der Waals surface area contributed by atoms with E-state index in [4.69, 9.17) is 5.73 Å². The summed E-state index contributed by atoms with van der Waals surface area (Å²) in [7, 11) is -3.67. The largest absolute Gasteiger partial charge is 0.398 e. The third kappa shape index (κ3) is 3.57. The zero-order valence-corrected chi connectivity index (χ0v) is 14.3. The van der Waals surface area contributed by atoms with E-state index in [1.807, 2.05) is 25.1 Å². The highest BCUT2D eigenvalue weighted by Crippen LogP contribution is 2.28. The summed E-state index contributed by atoms with van der Waals surface area (Å²) >= 11 is 3.28. The van der Waals surface area contributed by atoms with Crippen molar-refractivity contribution in [1.29, 1.82) is 0 Å². The van der Waals surface area contributed by atoms with Gasteiger partial charge in [0.05, 0.1) is 4.90 Å². The van der Waals surface area contributed by atoms with Gasteiger partial charge in [-0.2, -0.15) is 0 Å². The quantitative estimate of drug-likeness (QED) is 0.808. The first-order chi connectivity index (χ1) is 9.83. The molecule has 112 valence electrons. The van der Waals surface area contributed by atoms with Gasteiger partial charge in [-0.1, -0.05) is 35.0 Å². The third-order valence-electron chi connectivity index (χ3n) is 3.24. The van der Waals surface area contributed by atoms with Crippen LogP contribution in [0, 0.1) is 6.92 Å². The topological polar surface area (TPSA) is 72.2 Å². The number of hydrogen-bond donors (Lipinski definition) is 2. The number of nitrogen functional groups attached to an aromatic ring is 1. The molecule has 0 atom stereocenters. The second-order valence-electron chi connectivity index (χ2n) is 4.78. The van der Waals surface area contributed by atoms with Crippen LogP contribution in [0.1, 0.15) is 18.1 Å². The van der Waals surface area contributed by atoms with Gasteiger partial charge in [-0.3, -0.25) is 4.72 Å². The van der Waals surface area contributed by atoms with Crippen molar-refractivity contribution in [3.63, 3.8) is 0 Å². The average molecular weight is 369 g/mol. The van der Waals surface area contributed by atoms with E-state index in [9.17, 15) is 8.42 Å². The molecule has 0 aliphatic heterocycles. The molecular formula is C15H17BrN2O2S. The molecule has 0 amide bonds. The minimum absolute atomic E-state index is 0.177. The summed E-state index contributed by atoms with van der Waals surface area (Å²) in [5.74, 6) is 0. The molecule has 21 heavy (non-hydrogen) atoms. The zero-order chi connectivity index (χ0) is 15.6. The molecule has 4 nitrogen and oxygen atoms in total. The predicted octanol–water partition coefficient (Wildman–Crippen LogP) is 3.70. The maximum Gasteiger partial charge on any atom is 0.262 e. The lowest BCUT2D eigenvalue weighted by atomic mass is 10.1. The van der Waals surface area contributed by atoms with Crippen LogP contribution in [0.4, 0.5) is 11.4 Å². The molecule has 0 bridgehead atoms. The summed E-state index contributed by atoms with van der Waals surface area (Å²) in [4.78, 5) is 0.177. The predicted molar refractivity (Wildman–Crippen MR) is 89.9 cm³/mol. The molecule has 3 N–H and O–H groups in total. The Balaban J connectivity index is 2.43. The van der Waals surface area contributed by atoms with Gasteiger partial charge in [0, 0.05) is 15.8 Å². The molecule has 2 aromatic rings. The van der Waals surface area contributed by atoms with Crippen LogP contribution in [0.5, 0.6) is 0 Å². The fourth-order valence-corrected chi connectivity index (χ4v) is 4.00. The molecule has 6 heteroatoms.